The Hall–Kier alpha value is -1.38. The number of hydrogen-bond donors (Lipinski definition) is 3. The van der Waals surface area contributed by atoms with E-state index >= 15 is 0 Å². The first-order valence-corrected chi connectivity index (χ1v) is 23.0. The fourth-order valence-corrected chi connectivity index (χ4v) is 11.0. The van der Waals surface area contributed by atoms with Crippen LogP contribution in [0.4, 0.5) is 0 Å². The molecule has 3 heterocycles. The Morgan fingerprint density at radius 2 is 1.63 bits per heavy atom. The Balaban J connectivity index is 2.21. The van der Waals surface area contributed by atoms with Gasteiger partial charge in [0, 0.05) is 58.0 Å². The highest BCUT2D eigenvalue weighted by Crippen LogP contribution is 2.48. The third-order valence-electron chi connectivity index (χ3n) is 15.2. The normalized spacial score (nSPS) is 42.9. The highest BCUT2D eigenvalue weighted by atomic mass is 16.7. The van der Waals surface area contributed by atoms with Crippen LogP contribution in [-0.4, -0.2) is 127 Å². The Morgan fingerprint density at radius 1 is 0.983 bits per heavy atom. The maximum absolute atomic E-state index is 14.7. The summed E-state index contributed by atoms with van der Waals surface area (Å²) in [5, 5.41) is 26.4. The average Bonchev–Trinajstić information content (AvgIpc) is 3.17. The van der Waals surface area contributed by atoms with E-state index in [1.807, 2.05) is 34.6 Å². The molecule has 3 saturated heterocycles. The Morgan fingerprint density at radius 3 is 2.20 bits per heavy atom. The van der Waals surface area contributed by atoms with Crippen molar-refractivity contribution in [3.63, 3.8) is 0 Å². The molecule has 0 saturated carbocycles. The van der Waals surface area contributed by atoms with Gasteiger partial charge in [0.15, 0.2) is 6.29 Å². The molecule has 1 unspecified atom stereocenters. The van der Waals surface area contributed by atoms with Crippen molar-refractivity contribution in [1.29, 1.82) is 0 Å². The van der Waals surface area contributed by atoms with Crippen LogP contribution in [0.5, 0.6) is 0 Å². The highest BCUT2D eigenvalue weighted by molar-refractivity contribution is 5.75. The van der Waals surface area contributed by atoms with Gasteiger partial charge in [-0.3, -0.25) is 9.59 Å². The molecule has 12 nitrogen and oxygen atoms in total. The van der Waals surface area contributed by atoms with Crippen LogP contribution in [-0.2, 0) is 38.0 Å². The smallest absolute Gasteiger partial charge is 0.309 e. The van der Waals surface area contributed by atoms with Crippen molar-refractivity contribution in [2.75, 3.05) is 27.8 Å². The van der Waals surface area contributed by atoms with E-state index in [1.54, 1.807) is 21.1 Å². The lowest BCUT2D eigenvalue weighted by molar-refractivity contribution is -0.267. The molecule has 0 bridgehead atoms. The summed E-state index contributed by atoms with van der Waals surface area (Å²) in [4.78, 5) is 29.1. The zero-order valence-electron chi connectivity index (χ0n) is 40.2. The number of carbonyl (C=O) groups is 2. The van der Waals surface area contributed by atoms with E-state index in [-0.39, 0.29) is 47.8 Å². The molecule has 0 aliphatic carbocycles. The van der Waals surface area contributed by atoms with Crippen LogP contribution in [0.2, 0.25) is 0 Å². The summed E-state index contributed by atoms with van der Waals surface area (Å²) < 4.78 is 40.0. The molecule has 17 atom stereocenters. The van der Waals surface area contributed by atoms with Crippen molar-refractivity contribution in [3.8, 4) is 0 Å². The van der Waals surface area contributed by atoms with Crippen LogP contribution >= 0.6 is 0 Å². The number of cyclic esters (lactones) is 1. The van der Waals surface area contributed by atoms with E-state index in [0.717, 1.165) is 19.3 Å². The molecule has 3 aliphatic rings. The molecule has 0 radical (unpaired) electrons. The summed E-state index contributed by atoms with van der Waals surface area (Å²) >= 11 is 0. The number of methoxy groups -OCH3 is 1. The quantitative estimate of drug-likeness (QED) is 0.129. The summed E-state index contributed by atoms with van der Waals surface area (Å²) in [6, 6.07) is 0.638. The molecule has 0 aromatic rings. The number of carbonyl (C=O) groups excluding carboxylic acids is 2. The predicted octanol–water partition coefficient (Wildman–Crippen LogP) is 7.15. The number of esters is 1. The van der Waals surface area contributed by atoms with Gasteiger partial charge >= 0.3 is 5.97 Å². The molecule has 0 aromatic carbocycles. The number of aliphatic hydroxyl groups is 2. The molecule has 0 aromatic heterocycles. The molecule has 346 valence electrons. The maximum Gasteiger partial charge on any atom is 0.309 e. The number of nitrogens with zero attached hydrogens (tertiary/aromatic N) is 1. The number of aliphatic hydroxyl groups excluding tert-OH is 1. The second-order valence-corrected chi connectivity index (χ2v) is 20.4. The minimum absolute atomic E-state index is 0.00536. The number of unbranched alkanes of at least 4 members (excludes halogenated alkanes) is 1. The Kier molecular flexibility index (Phi) is 19.2. The van der Waals surface area contributed by atoms with Gasteiger partial charge in [0.2, 0.25) is 5.91 Å². The summed E-state index contributed by atoms with van der Waals surface area (Å²) in [6.07, 6.45) is 1.21. The van der Waals surface area contributed by atoms with Crippen molar-refractivity contribution in [1.82, 2.24) is 10.2 Å². The molecule has 3 aliphatic heterocycles. The van der Waals surface area contributed by atoms with Crippen LogP contribution in [0.1, 0.15) is 148 Å². The first kappa shape index (κ1) is 52.0. The van der Waals surface area contributed by atoms with Gasteiger partial charge < -0.3 is 48.9 Å². The standard InChI is InChI=1S/C47H88N2O10/c1-18-37-47(14,53)33(9)30(6)41(55-22-20-19-21-38(50)48-15)28(4)25-45(11,12)43(59-39-24-35(23-29(5)56-39)49(16)27(2)3)31(7)40(32(8)44(52)58-37)36-26-46(13,54-17)42(51)34(10)57-36/h27-37,39-43,51,53H,18-26H2,1-17H3,(H,48,50)/t28-,29-,30-,31+,32-,33-,34+,35+,36?,37-,39+,40+,41+,42+,43-,46-,47+/m1/s1. The fraction of sp³-hybridized carbons (Fsp3) is 0.957. The molecule has 0 spiro atoms. The monoisotopic (exact) mass is 841 g/mol. The minimum Gasteiger partial charge on any atom is -0.459 e. The average molecular weight is 841 g/mol. The number of hydrogen-bond acceptors (Lipinski definition) is 11. The lowest BCUT2D eigenvalue weighted by atomic mass is 9.64. The molecular weight excluding hydrogens is 753 g/mol. The summed E-state index contributed by atoms with van der Waals surface area (Å²) in [5.74, 6) is -2.12. The van der Waals surface area contributed by atoms with Gasteiger partial charge in [-0.25, -0.2) is 0 Å². The van der Waals surface area contributed by atoms with Crippen LogP contribution in [0.15, 0.2) is 0 Å². The van der Waals surface area contributed by atoms with Gasteiger partial charge in [-0.05, 0) is 110 Å². The summed E-state index contributed by atoms with van der Waals surface area (Å²) in [5.41, 5.74) is -2.75. The Labute approximate surface area is 358 Å². The number of amides is 1. The van der Waals surface area contributed by atoms with Gasteiger partial charge in [-0.2, -0.15) is 0 Å². The van der Waals surface area contributed by atoms with E-state index in [2.05, 4.69) is 72.7 Å². The maximum atomic E-state index is 14.7. The van der Waals surface area contributed by atoms with Crippen LogP contribution in [0.3, 0.4) is 0 Å². The highest BCUT2D eigenvalue weighted by Gasteiger charge is 2.54. The van der Waals surface area contributed by atoms with Crippen molar-refractivity contribution >= 4 is 11.9 Å². The molecule has 3 N–H and O–H groups in total. The molecule has 3 rings (SSSR count). The van der Waals surface area contributed by atoms with Crippen molar-refractivity contribution in [3.05, 3.63) is 0 Å². The number of nitrogens with one attached hydrogen (secondary N) is 1. The van der Waals surface area contributed by atoms with E-state index in [9.17, 15) is 19.8 Å². The van der Waals surface area contributed by atoms with Crippen molar-refractivity contribution in [2.45, 2.75) is 221 Å². The molecule has 3 fully saturated rings. The third kappa shape index (κ3) is 12.6. The van der Waals surface area contributed by atoms with E-state index in [4.69, 9.17) is 28.4 Å². The largest absolute Gasteiger partial charge is 0.459 e. The van der Waals surface area contributed by atoms with E-state index in [1.165, 1.54) is 0 Å². The topological polar surface area (TPSA) is 145 Å². The van der Waals surface area contributed by atoms with Gasteiger partial charge in [-0.15, -0.1) is 0 Å². The Bertz CT molecular complexity index is 1310. The fourth-order valence-electron chi connectivity index (χ4n) is 11.0. The van der Waals surface area contributed by atoms with E-state index < -0.39 is 71.2 Å². The van der Waals surface area contributed by atoms with Crippen molar-refractivity contribution in [2.24, 2.45) is 40.9 Å². The van der Waals surface area contributed by atoms with Crippen LogP contribution in [0, 0.1) is 40.9 Å². The van der Waals surface area contributed by atoms with Gasteiger partial charge in [-0.1, -0.05) is 55.4 Å². The second-order valence-electron chi connectivity index (χ2n) is 20.4. The zero-order valence-corrected chi connectivity index (χ0v) is 40.2. The first-order chi connectivity index (χ1) is 27.4. The van der Waals surface area contributed by atoms with Gasteiger partial charge in [0.25, 0.3) is 0 Å². The predicted molar refractivity (Wildman–Crippen MR) is 232 cm³/mol. The molecule has 1 amide bonds. The SMILES string of the molecule is CC[C@H]1OC(=O)[C@H](C)[C@@H](C2C[C@@](C)(OC)[C@@H](O)[C@H](C)O2)[C@H](C)[C@@H](O[C@H]2C[C@@H](N(C)C(C)C)C[C@@H](C)O2)C(C)(C)C[C@@H](C)[C@H](OCCCCC(=O)NC)[C@H](C)[C@@H](C)[C@]1(C)O. The third-order valence-corrected chi connectivity index (χ3v) is 15.2. The van der Waals surface area contributed by atoms with Gasteiger partial charge in [0.05, 0.1) is 42.0 Å². The minimum atomic E-state index is -1.36. The van der Waals surface area contributed by atoms with Crippen molar-refractivity contribution < 1.29 is 48.2 Å². The number of ether oxygens (including phenoxy) is 6. The second kappa shape index (κ2) is 21.8. The lowest BCUT2D eigenvalue weighted by Gasteiger charge is -2.52. The summed E-state index contributed by atoms with van der Waals surface area (Å²) in [7, 11) is 5.45. The summed E-state index contributed by atoms with van der Waals surface area (Å²) in [6.45, 7) is 29.5. The van der Waals surface area contributed by atoms with Crippen LogP contribution < -0.4 is 5.32 Å². The molecule has 12 heteroatoms. The van der Waals surface area contributed by atoms with E-state index in [0.29, 0.717) is 44.8 Å². The molecule has 59 heavy (non-hydrogen) atoms. The molecular formula is C47H88N2O10. The number of rotatable bonds is 13. The zero-order chi connectivity index (χ0) is 44.8. The van der Waals surface area contributed by atoms with Crippen LogP contribution in [0.25, 0.3) is 0 Å². The van der Waals surface area contributed by atoms with Gasteiger partial charge in [0.1, 0.15) is 17.8 Å². The first-order valence-electron chi connectivity index (χ1n) is 23.0. The lowest BCUT2D eigenvalue weighted by Crippen LogP contribution is -2.60.